The van der Waals surface area contributed by atoms with Gasteiger partial charge in [-0.1, -0.05) is 37.8 Å². The van der Waals surface area contributed by atoms with Crippen molar-refractivity contribution in [2.45, 2.75) is 70.9 Å². The standard InChI is InChI=1S/C35H42N6O5Si/c1-44-35(43)28-9-7-8-25(16-28)21-39-22-26(19-36-39)17-32(42)34-30-12-11-27(29-20-37-40(23-29)33-10-5-6-13-46-33)18-31(30)41(38-34)24-45-14-15-47(2,3)4/h7-9,11-12,16,18-20,22-23,33H,5-6,10,13-15,17,21,24H2,1-4H3. The number of rotatable bonds is 13. The van der Waals surface area contributed by atoms with Crippen molar-refractivity contribution in [1.82, 2.24) is 29.3 Å². The molecule has 0 N–H and O–H groups in total. The van der Waals surface area contributed by atoms with E-state index in [0.717, 1.165) is 65.1 Å². The quantitative estimate of drug-likeness (QED) is 0.0623. The third kappa shape index (κ3) is 7.95. The first-order valence-corrected chi connectivity index (χ1v) is 19.8. The number of carbonyl (C=O) groups excluding carboxylic acids is 2. The van der Waals surface area contributed by atoms with Gasteiger partial charge in [-0.2, -0.15) is 15.3 Å². The molecule has 47 heavy (non-hydrogen) atoms. The first-order chi connectivity index (χ1) is 22.7. The highest BCUT2D eigenvalue weighted by molar-refractivity contribution is 6.76. The van der Waals surface area contributed by atoms with Crippen LogP contribution in [0.15, 0.2) is 67.3 Å². The average molecular weight is 655 g/mol. The van der Waals surface area contributed by atoms with E-state index in [1.807, 2.05) is 47.5 Å². The zero-order valence-electron chi connectivity index (χ0n) is 27.5. The first kappa shape index (κ1) is 32.5. The van der Waals surface area contributed by atoms with E-state index in [2.05, 4.69) is 35.9 Å². The van der Waals surface area contributed by atoms with Gasteiger partial charge >= 0.3 is 5.97 Å². The van der Waals surface area contributed by atoms with Crippen molar-refractivity contribution < 1.29 is 23.8 Å². The molecular formula is C35H42N6O5Si. The molecule has 0 bridgehead atoms. The van der Waals surface area contributed by atoms with Crippen LogP contribution in [0.1, 0.15) is 57.5 Å². The molecule has 1 atom stereocenters. The molecular weight excluding hydrogens is 613 g/mol. The van der Waals surface area contributed by atoms with E-state index in [0.29, 0.717) is 24.4 Å². The van der Waals surface area contributed by atoms with E-state index >= 15 is 0 Å². The van der Waals surface area contributed by atoms with E-state index in [1.54, 1.807) is 27.7 Å². The second-order valence-electron chi connectivity index (χ2n) is 13.3. The summed E-state index contributed by atoms with van der Waals surface area (Å²) >= 11 is 0. The van der Waals surface area contributed by atoms with Gasteiger partial charge in [-0.3, -0.25) is 9.48 Å². The summed E-state index contributed by atoms with van der Waals surface area (Å²) in [6.07, 6.45) is 10.7. The lowest BCUT2D eigenvalue weighted by molar-refractivity contribution is -0.0394. The smallest absolute Gasteiger partial charge is 0.337 e. The fraction of sp³-hybridized carbons (Fsp3) is 0.400. The van der Waals surface area contributed by atoms with Crippen LogP contribution >= 0.6 is 0 Å². The van der Waals surface area contributed by atoms with Gasteiger partial charge in [0.15, 0.2) is 5.78 Å². The summed E-state index contributed by atoms with van der Waals surface area (Å²) in [7, 11) is 0.103. The number of aromatic nitrogens is 6. The highest BCUT2D eigenvalue weighted by Crippen LogP contribution is 2.29. The monoisotopic (exact) mass is 654 g/mol. The Balaban J connectivity index is 1.22. The second kappa shape index (κ2) is 14.2. The molecule has 1 unspecified atom stereocenters. The molecule has 12 heteroatoms. The third-order valence-electron chi connectivity index (χ3n) is 8.36. The van der Waals surface area contributed by atoms with E-state index in [4.69, 9.17) is 19.3 Å². The third-order valence-corrected chi connectivity index (χ3v) is 10.1. The minimum absolute atomic E-state index is 0.0369. The Morgan fingerprint density at radius 1 is 1.00 bits per heavy atom. The van der Waals surface area contributed by atoms with Gasteiger partial charge in [-0.05, 0) is 66.3 Å². The molecule has 0 spiro atoms. The van der Waals surface area contributed by atoms with Crippen molar-refractivity contribution in [3.8, 4) is 11.1 Å². The van der Waals surface area contributed by atoms with Gasteiger partial charge in [-0.15, -0.1) is 0 Å². The van der Waals surface area contributed by atoms with E-state index in [-0.39, 0.29) is 31.1 Å². The Morgan fingerprint density at radius 3 is 2.66 bits per heavy atom. The van der Waals surface area contributed by atoms with Gasteiger partial charge < -0.3 is 14.2 Å². The molecule has 1 saturated heterocycles. The molecule has 1 aliphatic heterocycles. The number of benzene rings is 2. The number of ether oxygens (including phenoxy) is 3. The molecule has 2 aromatic carbocycles. The molecule has 3 aromatic heterocycles. The zero-order chi connectivity index (χ0) is 33.0. The average Bonchev–Trinajstić information content (AvgIpc) is 3.82. The van der Waals surface area contributed by atoms with Crippen molar-refractivity contribution >= 4 is 30.7 Å². The van der Waals surface area contributed by atoms with Crippen LogP contribution in [0, 0.1) is 0 Å². The number of methoxy groups -OCH3 is 1. The maximum atomic E-state index is 13.7. The van der Waals surface area contributed by atoms with Crippen molar-refractivity contribution in [2.75, 3.05) is 20.3 Å². The van der Waals surface area contributed by atoms with Gasteiger partial charge in [-0.25, -0.2) is 14.2 Å². The van der Waals surface area contributed by atoms with Crippen LogP contribution in [0.5, 0.6) is 0 Å². The van der Waals surface area contributed by atoms with Gasteiger partial charge in [0.2, 0.25) is 0 Å². The van der Waals surface area contributed by atoms with Gasteiger partial charge in [0.25, 0.3) is 0 Å². The van der Waals surface area contributed by atoms with E-state index in [1.165, 1.54) is 7.11 Å². The van der Waals surface area contributed by atoms with Crippen molar-refractivity contribution in [1.29, 1.82) is 0 Å². The molecule has 5 aromatic rings. The molecule has 11 nitrogen and oxygen atoms in total. The van der Waals surface area contributed by atoms with Crippen molar-refractivity contribution in [2.24, 2.45) is 0 Å². The molecule has 1 aliphatic rings. The zero-order valence-corrected chi connectivity index (χ0v) is 28.5. The van der Waals surface area contributed by atoms with Gasteiger partial charge in [0, 0.05) is 51.1 Å². The number of esters is 1. The van der Waals surface area contributed by atoms with E-state index < -0.39 is 8.07 Å². The number of hydrogen-bond acceptors (Lipinski definition) is 8. The van der Waals surface area contributed by atoms with Crippen LogP contribution in [0.4, 0.5) is 0 Å². The number of ketones is 1. The van der Waals surface area contributed by atoms with Crippen LogP contribution in [0.3, 0.4) is 0 Å². The first-order valence-electron chi connectivity index (χ1n) is 16.1. The predicted octanol–water partition coefficient (Wildman–Crippen LogP) is 6.37. The largest absolute Gasteiger partial charge is 0.465 e. The normalized spacial score (nSPS) is 15.3. The van der Waals surface area contributed by atoms with Crippen LogP contribution in [0.25, 0.3) is 22.0 Å². The van der Waals surface area contributed by atoms with Crippen molar-refractivity contribution in [3.63, 3.8) is 0 Å². The Hall–Kier alpha value is -4.39. The lowest BCUT2D eigenvalue weighted by atomic mass is 10.0. The molecule has 1 fully saturated rings. The summed E-state index contributed by atoms with van der Waals surface area (Å²) < 4.78 is 22.3. The molecule has 0 saturated carbocycles. The maximum Gasteiger partial charge on any atom is 0.337 e. The number of carbonyl (C=O) groups is 2. The highest BCUT2D eigenvalue weighted by Gasteiger charge is 2.21. The van der Waals surface area contributed by atoms with Crippen molar-refractivity contribution in [3.05, 3.63) is 89.6 Å². The number of hydrogen-bond donors (Lipinski definition) is 0. The van der Waals surface area contributed by atoms with Crippen LogP contribution in [-0.2, 0) is 33.9 Å². The van der Waals surface area contributed by atoms with Gasteiger partial charge in [0.1, 0.15) is 18.7 Å². The molecule has 0 radical (unpaired) electrons. The second-order valence-corrected chi connectivity index (χ2v) is 18.9. The predicted molar refractivity (Wildman–Crippen MR) is 181 cm³/mol. The minimum atomic E-state index is -1.26. The molecule has 246 valence electrons. The lowest BCUT2D eigenvalue weighted by Crippen LogP contribution is -2.22. The summed E-state index contributed by atoms with van der Waals surface area (Å²) in [6, 6.07) is 14.3. The summed E-state index contributed by atoms with van der Waals surface area (Å²) in [5.74, 6) is -0.485. The fourth-order valence-corrected chi connectivity index (χ4v) is 6.48. The Morgan fingerprint density at radius 2 is 1.87 bits per heavy atom. The lowest BCUT2D eigenvalue weighted by Gasteiger charge is -2.22. The number of Topliss-reactive ketones (excluding diaryl/α,β-unsaturated/α-hetero) is 1. The van der Waals surface area contributed by atoms with Crippen LogP contribution in [0.2, 0.25) is 25.7 Å². The van der Waals surface area contributed by atoms with Crippen LogP contribution < -0.4 is 0 Å². The number of nitrogens with zero attached hydrogens (tertiary/aromatic N) is 6. The summed E-state index contributed by atoms with van der Waals surface area (Å²) in [6.45, 7) is 9.09. The molecule has 0 amide bonds. The highest BCUT2D eigenvalue weighted by atomic mass is 28.3. The summed E-state index contributed by atoms with van der Waals surface area (Å²) in [4.78, 5) is 25.7. The Bertz CT molecular complexity index is 1860. The van der Waals surface area contributed by atoms with Crippen LogP contribution in [-0.4, -0.2) is 69.5 Å². The Kier molecular flexibility index (Phi) is 9.80. The molecule has 4 heterocycles. The molecule has 0 aliphatic carbocycles. The minimum Gasteiger partial charge on any atom is -0.465 e. The SMILES string of the molecule is COC(=O)c1cccc(Cn2cc(CC(=O)c3nn(COCC[Si](C)(C)C)c4cc(-c5cnn(C6CCCCO6)c5)ccc34)cn2)c1. The van der Waals surface area contributed by atoms with E-state index in [9.17, 15) is 9.59 Å². The Labute approximate surface area is 275 Å². The maximum absolute atomic E-state index is 13.7. The summed E-state index contributed by atoms with van der Waals surface area (Å²) in [5, 5.41) is 14.6. The number of fused-ring (bicyclic) bond motifs is 1. The topological polar surface area (TPSA) is 115 Å². The fourth-order valence-electron chi connectivity index (χ4n) is 5.72. The molecule has 6 rings (SSSR count). The van der Waals surface area contributed by atoms with Gasteiger partial charge in [0.05, 0.1) is 37.1 Å². The summed E-state index contributed by atoms with van der Waals surface area (Å²) in [5.41, 5.74) is 5.37.